The molecule has 0 aliphatic carbocycles. The summed E-state index contributed by atoms with van der Waals surface area (Å²) >= 11 is 7.85. The van der Waals surface area contributed by atoms with E-state index in [0.29, 0.717) is 6.54 Å². The average molecular weight is 406 g/mol. The van der Waals surface area contributed by atoms with Crippen molar-refractivity contribution in [2.24, 2.45) is 4.99 Å². The molecule has 1 saturated heterocycles. The minimum atomic E-state index is 0.127. The van der Waals surface area contributed by atoms with E-state index in [0.717, 1.165) is 53.4 Å². The second kappa shape index (κ2) is 9.95. The van der Waals surface area contributed by atoms with Crippen LogP contribution in [0.4, 0.5) is 5.13 Å². The van der Waals surface area contributed by atoms with Crippen LogP contribution in [0.25, 0.3) is 0 Å². The van der Waals surface area contributed by atoms with E-state index in [2.05, 4.69) is 40.8 Å². The number of rotatable bonds is 7. The highest BCUT2D eigenvalue weighted by atomic mass is 35.5. The van der Waals surface area contributed by atoms with Crippen LogP contribution in [0.2, 0.25) is 5.02 Å². The predicted molar refractivity (Wildman–Crippen MR) is 116 cm³/mol. The zero-order valence-electron chi connectivity index (χ0n) is 16.0. The second-order valence-corrected chi connectivity index (χ2v) is 8.02. The molecule has 1 aromatic carbocycles. The molecule has 0 spiro atoms. The number of anilines is 1. The maximum Gasteiger partial charge on any atom is 0.191 e. The smallest absolute Gasteiger partial charge is 0.191 e. The highest BCUT2D eigenvalue weighted by molar-refractivity contribution is 7.13. The fraction of sp³-hybridized carbons (Fsp3) is 0.500. The van der Waals surface area contributed by atoms with E-state index in [-0.39, 0.29) is 6.04 Å². The number of aliphatic imine (C=N–C) groups is 1. The van der Waals surface area contributed by atoms with Crippen LogP contribution in [0.3, 0.4) is 0 Å². The first-order valence-corrected chi connectivity index (χ1v) is 10.9. The van der Waals surface area contributed by atoms with Gasteiger partial charge in [0.25, 0.3) is 0 Å². The number of nitrogens with one attached hydrogen (secondary N) is 2. The van der Waals surface area contributed by atoms with Gasteiger partial charge < -0.3 is 15.5 Å². The van der Waals surface area contributed by atoms with Gasteiger partial charge in [-0.15, -0.1) is 11.3 Å². The van der Waals surface area contributed by atoms with E-state index in [1.165, 1.54) is 12.8 Å². The molecule has 1 aromatic heterocycles. The summed E-state index contributed by atoms with van der Waals surface area (Å²) in [6.45, 7) is 8.00. The van der Waals surface area contributed by atoms with Crippen molar-refractivity contribution >= 4 is 34.0 Å². The van der Waals surface area contributed by atoms with E-state index in [9.17, 15) is 0 Å². The lowest BCUT2D eigenvalue weighted by molar-refractivity contribution is 0.686. The molecule has 2 N–H and O–H groups in total. The Bertz CT molecular complexity index is 754. The fourth-order valence-corrected chi connectivity index (χ4v) is 4.24. The molecule has 1 aliphatic rings. The topological polar surface area (TPSA) is 52.6 Å². The van der Waals surface area contributed by atoms with E-state index in [1.807, 2.05) is 18.2 Å². The van der Waals surface area contributed by atoms with Crippen LogP contribution in [-0.2, 0) is 6.42 Å². The quantitative estimate of drug-likeness (QED) is 0.534. The van der Waals surface area contributed by atoms with Crippen molar-refractivity contribution in [2.75, 3.05) is 31.1 Å². The number of aromatic nitrogens is 1. The molecule has 2 aromatic rings. The third kappa shape index (κ3) is 5.84. The van der Waals surface area contributed by atoms with Crippen LogP contribution in [0, 0.1) is 0 Å². The largest absolute Gasteiger partial charge is 0.357 e. The Labute approximate surface area is 170 Å². The number of hydrogen-bond donors (Lipinski definition) is 2. The fourth-order valence-electron chi connectivity index (χ4n) is 3.13. The zero-order valence-corrected chi connectivity index (χ0v) is 17.6. The minimum absolute atomic E-state index is 0.127. The Morgan fingerprint density at radius 3 is 2.93 bits per heavy atom. The Hall–Kier alpha value is -1.79. The maximum atomic E-state index is 6.10. The predicted octanol–water partition coefficient (Wildman–Crippen LogP) is 4.26. The molecule has 7 heteroatoms. The van der Waals surface area contributed by atoms with Gasteiger partial charge in [0.1, 0.15) is 0 Å². The van der Waals surface area contributed by atoms with Crippen molar-refractivity contribution in [2.45, 2.75) is 39.2 Å². The first kappa shape index (κ1) is 20.0. The molecular formula is C20H28ClN5S. The van der Waals surface area contributed by atoms with Crippen molar-refractivity contribution in [3.8, 4) is 0 Å². The monoisotopic (exact) mass is 405 g/mol. The number of thiazole rings is 1. The molecule has 27 heavy (non-hydrogen) atoms. The lowest BCUT2D eigenvalue weighted by Gasteiger charge is -2.18. The van der Waals surface area contributed by atoms with Crippen molar-refractivity contribution < 1.29 is 0 Å². The third-order valence-electron chi connectivity index (χ3n) is 4.60. The number of benzene rings is 1. The van der Waals surface area contributed by atoms with Crippen LogP contribution in [0.5, 0.6) is 0 Å². The molecule has 3 rings (SSSR count). The average Bonchev–Trinajstić information content (AvgIpc) is 3.33. The Morgan fingerprint density at radius 2 is 2.19 bits per heavy atom. The van der Waals surface area contributed by atoms with E-state index in [1.54, 1.807) is 11.3 Å². The maximum absolute atomic E-state index is 6.10. The van der Waals surface area contributed by atoms with Gasteiger partial charge in [0.15, 0.2) is 11.1 Å². The second-order valence-electron chi connectivity index (χ2n) is 6.75. The Balaban J connectivity index is 1.55. The summed E-state index contributed by atoms with van der Waals surface area (Å²) < 4.78 is 0. The molecule has 1 aliphatic heterocycles. The Kier molecular flexibility index (Phi) is 7.35. The summed E-state index contributed by atoms with van der Waals surface area (Å²) in [5, 5.41) is 10.8. The molecule has 0 radical (unpaired) electrons. The Morgan fingerprint density at radius 1 is 1.37 bits per heavy atom. The number of nitrogens with zero attached hydrogens (tertiary/aromatic N) is 3. The molecule has 2 heterocycles. The summed E-state index contributed by atoms with van der Waals surface area (Å²) in [7, 11) is 0. The third-order valence-corrected chi connectivity index (χ3v) is 5.79. The van der Waals surface area contributed by atoms with Crippen molar-refractivity contribution in [3.05, 3.63) is 45.9 Å². The summed E-state index contributed by atoms with van der Waals surface area (Å²) in [5.74, 6) is 0.819. The summed E-state index contributed by atoms with van der Waals surface area (Å²) in [5.41, 5.74) is 2.27. The van der Waals surface area contributed by atoms with Gasteiger partial charge in [0.05, 0.1) is 11.7 Å². The SMILES string of the molecule is CCNC(=NCCc1csc(N2CCCC2)n1)NC(C)c1cccc(Cl)c1. The first-order valence-electron chi connectivity index (χ1n) is 9.65. The first-order chi connectivity index (χ1) is 13.2. The van der Waals surface area contributed by atoms with E-state index in [4.69, 9.17) is 21.6 Å². The van der Waals surface area contributed by atoms with Crippen molar-refractivity contribution in [1.82, 2.24) is 15.6 Å². The molecule has 1 unspecified atom stereocenters. The zero-order chi connectivity index (χ0) is 19.1. The highest BCUT2D eigenvalue weighted by Crippen LogP contribution is 2.24. The van der Waals surface area contributed by atoms with Gasteiger partial charge in [-0.05, 0) is 44.4 Å². The van der Waals surface area contributed by atoms with Gasteiger partial charge in [-0.25, -0.2) is 4.98 Å². The molecule has 0 bridgehead atoms. The van der Waals surface area contributed by atoms with Crippen LogP contribution in [-0.4, -0.2) is 37.1 Å². The number of guanidine groups is 1. The number of halogens is 1. The van der Waals surface area contributed by atoms with Crippen LogP contribution in [0.1, 0.15) is 44.0 Å². The van der Waals surface area contributed by atoms with Gasteiger partial charge in [0.2, 0.25) is 0 Å². The summed E-state index contributed by atoms with van der Waals surface area (Å²) in [4.78, 5) is 11.9. The lowest BCUT2D eigenvalue weighted by atomic mass is 10.1. The van der Waals surface area contributed by atoms with E-state index < -0.39 is 0 Å². The van der Waals surface area contributed by atoms with Crippen LogP contribution >= 0.6 is 22.9 Å². The molecule has 0 amide bonds. The normalized spacial score (nSPS) is 15.8. The molecule has 5 nitrogen and oxygen atoms in total. The minimum Gasteiger partial charge on any atom is -0.357 e. The lowest BCUT2D eigenvalue weighted by Crippen LogP contribution is -2.38. The highest BCUT2D eigenvalue weighted by Gasteiger charge is 2.15. The summed E-state index contributed by atoms with van der Waals surface area (Å²) in [6, 6.07) is 8.05. The van der Waals surface area contributed by atoms with Gasteiger partial charge in [0, 0.05) is 43.0 Å². The molecular weight excluding hydrogens is 378 g/mol. The molecule has 1 fully saturated rings. The van der Waals surface area contributed by atoms with Gasteiger partial charge in [-0.2, -0.15) is 0 Å². The van der Waals surface area contributed by atoms with E-state index >= 15 is 0 Å². The standard InChI is InChI=1S/C20H28ClN5S/c1-3-22-19(24-15(2)16-7-6-8-17(21)13-16)23-10-9-18-14-27-20(25-18)26-11-4-5-12-26/h6-8,13-15H,3-5,9-12H2,1-2H3,(H2,22,23,24). The van der Waals surface area contributed by atoms with Crippen molar-refractivity contribution in [3.63, 3.8) is 0 Å². The number of hydrogen-bond acceptors (Lipinski definition) is 4. The van der Waals surface area contributed by atoms with Crippen LogP contribution in [0.15, 0.2) is 34.6 Å². The van der Waals surface area contributed by atoms with Gasteiger partial charge >= 0.3 is 0 Å². The van der Waals surface area contributed by atoms with Crippen LogP contribution < -0.4 is 15.5 Å². The van der Waals surface area contributed by atoms with Crippen molar-refractivity contribution in [1.29, 1.82) is 0 Å². The molecule has 0 saturated carbocycles. The van der Waals surface area contributed by atoms with Gasteiger partial charge in [-0.1, -0.05) is 23.7 Å². The summed E-state index contributed by atoms with van der Waals surface area (Å²) in [6.07, 6.45) is 3.41. The van der Waals surface area contributed by atoms with Gasteiger partial charge in [-0.3, -0.25) is 4.99 Å². The molecule has 1 atom stereocenters. The molecule has 146 valence electrons.